The number of nitrogens with zero attached hydrogens (tertiary/aromatic N) is 4. The highest BCUT2D eigenvalue weighted by Crippen LogP contribution is 2.22. The first-order valence-electron chi connectivity index (χ1n) is 7.96. The van der Waals surface area contributed by atoms with Crippen LogP contribution in [0.25, 0.3) is 16.5 Å². The molecule has 26 heavy (non-hydrogen) atoms. The molecule has 4 rings (SSSR count). The zero-order chi connectivity index (χ0) is 18.1. The Morgan fingerprint density at radius 1 is 1.04 bits per heavy atom. The lowest BCUT2D eigenvalue weighted by Crippen LogP contribution is -2.12. The molecule has 0 unspecified atom stereocenters. The van der Waals surface area contributed by atoms with E-state index in [0.717, 1.165) is 20.9 Å². The van der Waals surface area contributed by atoms with Crippen LogP contribution < -0.4 is 5.32 Å². The number of anilines is 1. The van der Waals surface area contributed by atoms with Gasteiger partial charge in [0.2, 0.25) is 0 Å². The maximum Gasteiger partial charge on any atom is 0.255 e. The van der Waals surface area contributed by atoms with Gasteiger partial charge in [-0.25, -0.2) is 0 Å². The van der Waals surface area contributed by atoms with Crippen molar-refractivity contribution in [3.05, 3.63) is 76.5 Å². The van der Waals surface area contributed by atoms with E-state index in [1.807, 2.05) is 67.6 Å². The van der Waals surface area contributed by atoms with Crippen LogP contribution in [0.1, 0.15) is 16.2 Å². The van der Waals surface area contributed by atoms with Crippen molar-refractivity contribution < 1.29 is 4.79 Å². The van der Waals surface area contributed by atoms with Crippen LogP contribution in [0.3, 0.4) is 0 Å². The lowest BCUT2D eigenvalue weighted by Gasteiger charge is -2.09. The zero-order valence-corrected chi connectivity index (χ0v) is 15.4. The minimum Gasteiger partial charge on any atom is -0.322 e. The number of amides is 1. The maximum atomic E-state index is 12.6. The number of aryl methyl sites for hydroxylation is 1. The molecule has 128 valence electrons. The highest BCUT2D eigenvalue weighted by atomic mass is 79.9. The summed E-state index contributed by atoms with van der Waals surface area (Å²) in [4.78, 5) is 12.6. The van der Waals surface area contributed by atoms with Crippen LogP contribution >= 0.6 is 15.9 Å². The van der Waals surface area contributed by atoms with Gasteiger partial charge in [-0.3, -0.25) is 4.79 Å². The van der Waals surface area contributed by atoms with Gasteiger partial charge >= 0.3 is 0 Å². The van der Waals surface area contributed by atoms with Crippen LogP contribution in [0.5, 0.6) is 0 Å². The molecule has 0 saturated carbocycles. The van der Waals surface area contributed by atoms with E-state index >= 15 is 0 Å². The SMILES string of the molecule is Cc1nnnn1-c1cccc(NC(=O)c2ccc3ccc(Br)cc3c2)c1. The van der Waals surface area contributed by atoms with Crippen molar-refractivity contribution in [3.8, 4) is 5.69 Å². The molecule has 1 amide bonds. The number of benzene rings is 3. The molecule has 6 nitrogen and oxygen atoms in total. The number of carbonyl (C=O) groups excluding carboxylic acids is 1. The van der Waals surface area contributed by atoms with Gasteiger partial charge in [0.05, 0.1) is 5.69 Å². The Morgan fingerprint density at radius 2 is 1.88 bits per heavy atom. The predicted molar refractivity (Wildman–Crippen MR) is 103 cm³/mol. The second kappa shape index (κ2) is 6.68. The largest absolute Gasteiger partial charge is 0.322 e. The second-order valence-corrected chi connectivity index (χ2v) is 6.76. The quantitative estimate of drug-likeness (QED) is 0.553. The number of tetrazole rings is 1. The van der Waals surface area contributed by atoms with Crippen molar-refractivity contribution in [2.24, 2.45) is 0 Å². The van der Waals surface area contributed by atoms with E-state index in [9.17, 15) is 4.79 Å². The van der Waals surface area contributed by atoms with Gasteiger partial charge in [-0.1, -0.05) is 34.1 Å². The Kier molecular flexibility index (Phi) is 4.22. The number of halogens is 1. The monoisotopic (exact) mass is 407 g/mol. The Balaban J connectivity index is 1.61. The topological polar surface area (TPSA) is 72.7 Å². The fraction of sp³-hybridized carbons (Fsp3) is 0.0526. The van der Waals surface area contributed by atoms with Gasteiger partial charge in [0.15, 0.2) is 5.82 Å². The molecular formula is C19H14BrN5O. The first-order valence-corrected chi connectivity index (χ1v) is 8.75. The molecule has 0 radical (unpaired) electrons. The molecule has 0 saturated heterocycles. The van der Waals surface area contributed by atoms with Crippen molar-refractivity contribution in [3.63, 3.8) is 0 Å². The van der Waals surface area contributed by atoms with E-state index in [1.54, 1.807) is 4.68 Å². The number of hydrogen-bond donors (Lipinski definition) is 1. The highest BCUT2D eigenvalue weighted by molar-refractivity contribution is 9.10. The average molecular weight is 408 g/mol. The van der Waals surface area contributed by atoms with Crippen LogP contribution in [0.4, 0.5) is 5.69 Å². The van der Waals surface area contributed by atoms with Crippen molar-refractivity contribution in [1.29, 1.82) is 0 Å². The number of carbonyl (C=O) groups is 1. The summed E-state index contributed by atoms with van der Waals surface area (Å²) in [5, 5.41) is 16.5. The molecule has 1 N–H and O–H groups in total. The minimum absolute atomic E-state index is 0.169. The summed E-state index contributed by atoms with van der Waals surface area (Å²) < 4.78 is 2.59. The van der Waals surface area contributed by atoms with E-state index in [0.29, 0.717) is 17.1 Å². The first-order chi connectivity index (χ1) is 12.6. The number of nitrogens with one attached hydrogen (secondary N) is 1. The van der Waals surface area contributed by atoms with E-state index in [4.69, 9.17) is 0 Å². The fourth-order valence-corrected chi connectivity index (χ4v) is 3.13. The normalized spacial score (nSPS) is 10.8. The smallest absolute Gasteiger partial charge is 0.255 e. The van der Waals surface area contributed by atoms with Crippen LogP contribution in [0, 0.1) is 6.92 Å². The van der Waals surface area contributed by atoms with Gasteiger partial charge in [0, 0.05) is 15.7 Å². The minimum atomic E-state index is -0.169. The Labute approximate surface area is 158 Å². The first kappa shape index (κ1) is 16.4. The molecule has 0 aliphatic rings. The summed E-state index contributed by atoms with van der Waals surface area (Å²) >= 11 is 3.46. The summed E-state index contributed by atoms with van der Waals surface area (Å²) in [5.74, 6) is 0.506. The summed E-state index contributed by atoms with van der Waals surface area (Å²) in [6.45, 7) is 1.82. The van der Waals surface area contributed by atoms with E-state index in [2.05, 4.69) is 36.8 Å². The molecular weight excluding hydrogens is 394 g/mol. The van der Waals surface area contributed by atoms with Crippen molar-refractivity contribution >= 4 is 38.3 Å². The molecule has 1 heterocycles. The molecule has 3 aromatic carbocycles. The molecule has 0 aliphatic carbocycles. The highest BCUT2D eigenvalue weighted by Gasteiger charge is 2.09. The molecule has 0 fully saturated rings. The van der Waals surface area contributed by atoms with E-state index in [-0.39, 0.29) is 5.91 Å². The average Bonchev–Trinajstić information content (AvgIpc) is 3.07. The Hall–Kier alpha value is -3.06. The summed E-state index contributed by atoms with van der Waals surface area (Å²) in [5.41, 5.74) is 2.06. The zero-order valence-electron chi connectivity index (χ0n) is 13.8. The Bertz CT molecular complexity index is 1120. The molecule has 0 aliphatic heterocycles. The molecule has 4 aromatic rings. The third kappa shape index (κ3) is 3.21. The number of rotatable bonds is 3. The van der Waals surface area contributed by atoms with Crippen LogP contribution in [-0.2, 0) is 0 Å². The molecule has 7 heteroatoms. The van der Waals surface area contributed by atoms with Crippen molar-refractivity contribution in [2.45, 2.75) is 6.92 Å². The summed E-state index contributed by atoms with van der Waals surface area (Å²) in [6.07, 6.45) is 0. The van der Waals surface area contributed by atoms with Gasteiger partial charge < -0.3 is 5.32 Å². The maximum absolute atomic E-state index is 12.6. The van der Waals surface area contributed by atoms with Gasteiger partial charge in [0.25, 0.3) is 5.91 Å². The predicted octanol–water partition coefficient (Wildman–Crippen LogP) is 4.14. The second-order valence-electron chi connectivity index (χ2n) is 5.85. The lowest BCUT2D eigenvalue weighted by atomic mass is 10.1. The standard InChI is InChI=1S/C19H14BrN5O/c1-12-22-23-24-25(12)18-4-2-3-17(11-18)21-19(26)14-6-5-13-7-8-16(20)10-15(13)9-14/h2-11H,1H3,(H,21,26). The molecule has 0 atom stereocenters. The number of aromatic nitrogens is 4. The van der Waals surface area contributed by atoms with Gasteiger partial charge in [-0.05, 0) is 70.6 Å². The van der Waals surface area contributed by atoms with Gasteiger partial charge in [-0.2, -0.15) is 4.68 Å². The van der Waals surface area contributed by atoms with Gasteiger partial charge in [-0.15, -0.1) is 5.10 Å². The molecule has 0 bridgehead atoms. The van der Waals surface area contributed by atoms with Crippen LogP contribution in [0.2, 0.25) is 0 Å². The van der Waals surface area contributed by atoms with Crippen LogP contribution in [-0.4, -0.2) is 26.1 Å². The lowest BCUT2D eigenvalue weighted by molar-refractivity contribution is 0.102. The summed E-state index contributed by atoms with van der Waals surface area (Å²) in [6, 6.07) is 19.0. The Morgan fingerprint density at radius 3 is 2.69 bits per heavy atom. The third-order valence-corrected chi connectivity index (χ3v) is 4.53. The number of fused-ring (bicyclic) bond motifs is 1. The molecule has 0 spiro atoms. The van der Waals surface area contributed by atoms with Crippen molar-refractivity contribution in [1.82, 2.24) is 20.2 Å². The van der Waals surface area contributed by atoms with E-state index < -0.39 is 0 Å². The van der Waals surface area contributed by atoms with Crippen LogP contribution in [0.15, 0.2) is 65.1 Å². The van der Waals surface area contributed by atoms with Gasteiger partial charge in [0.1, 0.15) is 0 Å². The third-order valence-electron chi connectivity index (χ3n) is 4.04. The fourth-order valence-electron chi connectivity index (χ4n) is 2.75. The van der Waals surface area contributed by atoms with Crippen molar-refractivity contribution in [2.75, 3.05) is 5.32 Å². The number of hydrogen-bond acceptors (Lipinski definition) is 4. The van der Waals surface area contributed by atoms with E-state index in [1.165, 1.54) is 0 Å². The molecule has 1 aromatic heterocycles. The summed E-state index contributed by atoms with van der Waals surface area (Å²) in [7, 11) is 0.